The summed E-state index contributed by atoms with van der Waals surface area (Å²) in [5, 5.41) is 0. The number of amides is 1. The minimum Gasteiger partial charge on any atom is -0.366 e. The summed E-state index contributed by atoms with van der Waals surface area (Å²) in [4.78, 5) is 14.3. The van der Waals surface area contributed by atoms with Crippen LogP contribution in [0.25, 0.3) is 0 Å². The lowest BCUT2D eigenvalue weighted by Crippen LogP contribution is -2.58. The third-order valence-corrected chi connectivity index (χ3v) is 7.10. The standard InChI is InChI=1S/C20H28N2O/c1-13-17-11-14-4-5-15(18(21)23)10-16(14)20(13,3)8-9-22(17)12-19(2)6-7-19/h4-5,10,13,17H,6-9,11-12H2,1-3H3,(H2,21,23). The summed E-state index contributed by atoms with van der Waals surface area (Å²) in [6.07, 6.45) is 5.07. The molecule has 1 saturated carbocycles. The van der Waals surface area contributed by atoms with Crippen LogP contribution in [0.2, 0.25) is 0 Å². The molecule has 2 N–H and O–H groups in total. The van der Waals surface area contributed by atoms with Crippen LogP contribution in [0.3, 0.4) is 0 Å². The van der Waals surface area contributed by atoms with Crippen LogP contribution in [0.4, 0.5) is 0 Å². The van der Waals surface area contributed by atoms with Gasteiger partial charge in [0.1, 0.15) is 0 Å². The number of carbonyl (C=O) groups is 1. The van der Waals surface area contributed by atoms with E-state index in [0.717, 1.165) is 6.42 Å². The smallest absolute Gasteiger partial charge is 0.248 e. The molecular formula is C20H28N2O. The Hall–Kier alpha value is -1.35. The number of benzene rings is 1. The van der Waals surface area contributed by atoms with E-state index in [4.69, 9.17) is 5.73 Å². The van der Waals surface area contributed by atoms with Crippen molar-refractivity contribution >= 4 is 5.91 Å². The lowest BCUT2D eigenvalue weighted by atomic mass is 9.58. The van der Waals surface area contributed by atoms with Crippen LogP contribution in [0.5, 0.6) is 0 Å². The van der Waals surface area contributed by atoms with Gasteiger partial charge in [0.05, 0.1) is 0 Å². The first-order chi connectivity index (χ1) is 10.8. The summed E-state index contributed by atoms with van der Waals surface area (Å²) < 4.78 is 0. The maximum Gasteiger partial charge on any atom is 0.248 e. The first-order valence-electron chi connectivity index (χ1n) is 9.00. The molecule has 1 aliphatic heterocycles. The molecule has 2 bridgehead atoms. The fourth-order valence-electron chi connectivity index (χ4n) is 4.92. The number of hydrogen-bond donors (Lipinski definition) is 1. The highest BCUT2D eigenvalue weighted by Gasteiger charge is 2.50. The van der Waals surface area contributed by atoms with Crippen LogP contribution in [0, 0.1) is 11.3 Å². The molecule has 3 atom stereocenters. The molecule has 4 rings (SSSR count). The lowest BCUT2D eigenvalue weighted by molar-refractivity contribution is 0.0198. The van der Waals surface area contributed by atoms with Crippen molar-refractivity contribution in [1.29, 1.82) is 0 Å². The number of nitrogens with two attached hydrogens (primary N) is 1. The molecule has 2 fully saturated rings. The van der Waals surface area contributed by atoms with E-state index in [-0.39, 0.29) is 11.3 Å². The van der Waals surface area contributed by atoms with E-state index < -0.39 is 0 Å². The van der Waals surface area contributed by atoms with Crippen LogP contribution in [-0.2, 0) is 11.8 Å². The number of nitrogens with zero attached hydrogens (tertiary/aromatic N) is 1. The minimum atomic E-state index is -0.315. The average molecular weight is 312 g/mol. The zero-order valence-corrected chi connectivity index (χ0v) is 14.6. The van der Waals surface area contributed by atoms with Crippen molar-refractivity contribution in [2.45, 2.75) is 57.9 Å². The van der Waals surface area contributed by atoms with Crippen molar-refractivity contribution in [3.8, 4) is 0 Å². The number of rotatable bonds is 3. The predicted octanol–water partition coefficient (Wildman–Crippen LogP) is 3.11. The normalized spacial score (nSPS) is 34.7. The Morgan fingerprint density at radius 2 is 2.04 bits per heavy atom. The van der Waals surface area contributed by atoms with E-state index >= 15 is 0 Å². The summed E-state index contributed by atoms with van der Waals surface area (Å²) in [7, 11) is 0. The second kappa shape index (κ2) is 4.83. The molecule has 3 aliphatic rings. The second-order valence-electron chi connectivity index (χ2n) is 8.74. The maximum atomic E-state index is 11.6. The summed E-state index contributed by atoms with van der Waals surface area (Å²) >= 11 is 0. The highest BCUT2D eigenvalue weighted by atomic mass is 16.1. The minimum absolute atomic E-state index is 0.171. The van der Waals surface area contributed by atoms with E-state index in [1.165, 1.54) is 43.5 Å². The average Bonchev–Trinajstić information content (AvgIpc) is 3.23. The third-order valence-electron chi connectivity index (χ3n) is 7.10. The summed E-state index contributed by atoms with van der Waals surface area (Å²) in [6, 6.07) is 6.76. The number of primary amides is 1. The van der Waals surface area contributed by atoms with Gasteiger partial charge >= 0.3 is 0 Å². The molecule has 3 heteroatoms. The van der Waals surface area contributed by atoms with Crippen molar-refractivity contribution < 1.29 is 4.79 Å². The molecule has 1 amide bonds. The zero-order valence-electron chi connectivity index (χ0n) is 14.6. The van der Waals surface area contributed by atoms with E-state index in [1.807, 2.05) is 6.07 Å². The molecule has 3 nitrogen and oxygen atoms in total. The first kappa shape index (κ1) is 15.2. The summed E-state index contributed by atoms with van der Waals surface area (Å²) in [6.45, 7) is 9.67. The molecular weight excluding hydrogens is 284 g/mol. The summed E-state index contributed by atoms with van der Waals surface area (Å²) in [5.41, 5.74) is 9.70. The highest BCUT2D eigenvalue weighted by molar-refractivity contribution is 5.93. The van der Waals surface area contributed by atoms with E-state index in [1.54, 1.807) is 0 Å². The molecule has 124 valence electrons. The predicted molar refractivity (Wildman–Crippen MR) is 92.5 cm³/mol. The molecule has 1 heterocycles. The molecule has 1 aromatic rings. The van der Waals surface area contributed by atoms with Gasteiger partial charge < -0.3 is 5.73 Å². The second-order valence-corrected chi connectivity index (χ2v) is 8.74. The summed E-state index contributed by atoms with van der Waals surface area (Å²) in [5.74, 6) is 0.305. The van der Waals surface area contributed by atoms with E-state index in [0.29, 0.717) is 22.9 Å². The van der Waals surface area contributed by atoms with Crippen LogP contribution >= 0.6 is 0 Å². The molecule has 23 heavy (non-hydrogen) atoms. The monoisotopic (exact) mass is 312 g/mol. The zero-order chi connectivity index (χ0) is 16.4. The number of carbonyl (C=O) groups excluding carboxylic acids is 1. The Labute approximate surface area is 139 Å². The molecule has 0 radical (unpaired) electrons. The quantitative estimate of drug-likeness (QED) is 0.932. The van der Waals surface area contributed by atoms with Crippen molar-refractivity contribution in [1.82, 2.24) is 4.90 Å². The fourth-order valence-corrected chi connectivity index (χ4v) is 4.92. The topological polar surface area (TPSA) is 46.3 Å². The maximum absolute atomic E-state index is 11.6. The van der Waals surface area contributed by atoms with Crippen LogP contribution in [-0.4, -0.2) is 29.9 Å². The van der Waals surface area contributed by atoms with Crippen molar-refractivity contribution in [3.05, 3.63) is 34.9 Å². The Morgan fingerprint density at radius 1 is 1.30 bits per heavy atom. The van der Waals surface area contributed by atoms with Crippen LogP contribution in [0.1, 0.15) is 61.5 Å². The van der Waals surface area contributed by atoms with Gasteiger partial charge in [0.15, 0.2) is 0 Å². The van der Waals surface area contributed by atoms with Gasteiger partial charge in [0.25, 0.3) is 0 Å². The SMILES string of the molecule is CC1C2Cc3ccc(C(N)=O)cc3C1(C)CCN2CC1(C)CC1. The van der Waals surface area contributed by atoms with Gasteiger partial charge in [0, 0.05) is 18.2 Å². The van der Waals surface area contributed by atoms with Crippen molar-refractivity contribution in [2.75, 3.05) is 13.1 Å². The third kappa shape index (κ3) is 2.32. The first-order valence-corrected chi connectivity index (χ1v) is 9.00. The van der Waals surface area contributed by atoms with Gasteiger partial charge in [-0.1, -0.05) is 26.8 Å². The molecule has 3 unspecified atom stereocenters. The molecule has 2 aliphatic carbocycles. The van der Waals surface area contributed by atoms with Crippen LogP contribution in [0.15, 0.2) is 18.2 Å². The Morgan fingerprint density at radius 3 is 2.70 bits per heavy atom. The van der Waals surface area contributed by atoms with E-state index in [9.17, 15) is 4.79 Å². The Bertz CT molecular complexity index is 664. The van der Waals surface area contributed by atoms with Crippen molar-refractivity contribution in [3.63, 3.8) is 0 Å². The molecule has 1 saturated heterocycles. The van der Waals surface area contributed by atoms with Crippen molar-refractivity contribution in [2.24, 2.45) is 17.1 Å². The molecule has 0 spiro atoms. The Balaban J connectivity index is 1.70. The van der Waals surface area contributed by atoms with Crippen LogP contribution < -0.4 is 5.73 Å². The van der Waals surface area contributed by atoms with E-state index in [2.05, 4.69) is 37.8 Å². The van der Waals surface area contributed by atoms with Gasteiger partial charge in [-0.25, -0.2) is 0 Å². The molecule has 0 aromatic heterocycles. The van der Waals surface area contributed by atoms with Gasteiger partial charge in [-0.3, -0.25) is 9.69 Å². The molecule has 1 aromatic carbocycles. The highest BCUT2D eigenvalue weighted by Crippen LogP contribution is 2.52. The largest absolute Gasteiger partial charge is 0.366 e. The Kier molecular flexibility index (Phi) is 3.19. The van der Waals surface area contributed by atoms with Gasteiger partial charge in [0.2, 0.25) is 5.91 Å². The number of likely N-dealkylation sites (tertiary alicyclic amines) is 1. The number of fused-ring (bicyclic) bond motifs is 4. The number of piperidine rings is 1. The lowest BCUT2D eigenvalue weighted by Gasteiger charge is -2.55. The number of hydrogen-bond acceptors (Lipinski definition) is 2. The van der Waals surface area contributed by atoms with Gasteiger partial charge in [-0.15, -0.1) is 0 Å². The van der Waals surface area contributed by atoms with Gasteiger partial charge in [-0.2, -0.15) is 0 Å². The van der Waals surface area contributed by atoms with Gasteiger partial charge in [-0.05, 0) is 72.2 Å². The fraction of sp³-hybridized carbons (Fsp3) is 0.650.